The van der Waals surface area contributed by atoms with Crippen molar-refractivity contribution in [3.63, 3.8) is 0 Å². The van der Waals surface area contributed by atoms with Gasteiger partial charge in [0.2, 0.25) is 5.13 Å². The molecule has 0 radical (unpaired) electrons. The number of nitrogens with one attached hydrogen (secondary N) is 1. The van der Waals surface area contributed by atoms with Crippen molar-refractivity contribution in [2.24, 2.45) is 10.2 Å². The summed E-state index contributed by atoms with van der Waals surface area (Å²) in [6.07, 6.45) is 0. The molecule has 0 aliphatic heterocycles. The number of aromatic amines is 1. The number of aryl methyl sites for hydroxylation is 1. The number of fused-ring (bicyclic) bond motifs is 1. The van der Waals surface area contributed by atoms with E-state index in [9.17, 15) is 14.9 Å². The Morgan fingerprint density at radius 2 is 1.85 bits per heavy atom. The number of azo groups is 1. The Labute approximate surface area is 190 Å². The van der Waals surface area contributed by atoms with Gasteiger partial charge in [-0.15, -0.1) is 21.6 Å². The molecule has 5 rings (SSSR count). The highest BCUT2D eigenvalue weighted by atomic mass is 32.1. The van der Waals surface area contributed by atoms with E-state index in [2.05, 4.69) is 20.3 Å². The van der Waals surface area contributed by atoms with Crippen LogP contribution in [0.25, 0.3) is 27.2 Å². The van der Waals surface area contributed by atoms with Gasteiger partial charge in [-0.1, -0.05) is 48.5 Å². The molecule has 33 heavy (non-hydrogen) atoms. The zero-order chi connectivity index (χ0) is 22.9. The molecule has 162 valence electrons. The Morgan fingerprint density at radius 1 is 1.06 bits per heavy atom. The molecule has 9 nitrogen and oxygen atoms in total. The smallest absolute Gasteiger partial charge is 0.291 e. The highest BCUT2D eigenvalue weighted by molar-refractivity contribution is 7.12. The van der Waals surface area contributed by atoms with E-state index in [0.717, 1.165) is 10.8 Å². The first-order valence-corrected chi connectivity index (χ1v) is 10.8. The molecule has 0 saturated heterocycles. The minimum atomic E-state index is -0.456. The molecule has 0 spiro atoms. The van der Waals surface area contributed by atoms with Gasteiger partial charge in [0.1, 0.15) is 0 Å². The maximum atomic E-state index is 13.0. The van der Waals surface area contributed by atoms with E-state index in [-0.39, 0.29) is 16.9 Å². The summed E-state index contributed by atoms with van der Waals surface area (Å²) in [4.78, 5) is 28.1. The molecular weight excluding hydrogens is 440 g/mol. The molecule has 1 N–H and O–H groups in total. The lowest BCUT2D eigenvalue weighted by atomic mass is 10.1. The molecule has 5 aromatic rings. The lowest BCUT2D eigenvalue weighted by Crippen LogP contribution is -2.13. The number of benzene rings is 3. The summed E-state index contributed by atoms with van der Waals surface area (Å²) in [5.74, 6) is 0. The summed E-state index contributed by atoms with van der Waals surface area (Å²) in [5.41, 5.74) is 2.14. The Balaban J connectivity index is 1.49. The van der Waals surface area contributed by atoms with Crippen molar-refractivity contribution in [3.05, 3.63) is 98.3 Å². The summed E-state index contributed by atoms with van der Waals surface area (Å²) in [7, 11) is 0. The van der Waals surface area contributed by atoms with Crippen LogP contribution >= 0.6 is 11.3 Å². The molecule has 0 saturated carbocycles. The molecule has 0 aliphatic carbocycles. The van der Waals surface area contributed by atoms with Crippen molar-refractivity contribution in [2.45, 2.75) is 6.92 Å². The van der Waals surface area contributed by atoms with Crippen LogP contribution in [0.2, 0.25) is 0 Å². The van der Waals surface area contributed by atoms with Crippen LogP contribution in [0.5, 0.6) is 0 Å². The van der Waals surface area contributed by atoms with Gasteiger partial charge in [0.15, 0.2) is 5.69 Å². The highest BCUT2D eigenvalue weighted by Gasteiger charge is 2.16. The van der Waals surface area contributed by atoms with E-state index in [1.807, 2.05) is 42.5 Å². The topological polar surface area (TPSA) is 119 Å². The first-order valence-electron chi connectivity index (χ1n) is 9.93. The number of nitro groups is 1. The number of hydrogen-bond acceptors (Lipinski definition) is 7. The van der Waals surface area contributed by atoms with Crippen molar-refractivity contribution in [1.82, 2.24) is 14.8 Å². The van der Waals surface area contributed by atoms with Crippen LogP contribution in [0, 0.1) is 17.0 Å². The van der Waals surface area contributed by atoms with Crippen LogP contribution in [0.4, 0.5) is 17.1 Å². The third-order valence-electron chi connectivity index (χ3n) is 5.10. The monoisotopic (exact) mass is 456 g/mol. The van der Waals surface area contributed by atoms with Crippen LogP contribution in [0.15, 0.2) is 87.1 Å². The van der Waals surface area contributed by atoms with Gasteiger partial charge in [-0.3, -0.25) is 20.0 Å². The summed E-state index contributed by atoms with van der Waals surface area (Å²) < 4.78 is 1.30. The van der Waals surface area contributed by atoms with Crippen LogP contribution in [-0.4, -0.2) is 19.7 Å². The average molecular weight is 456 g/mol. The van der Waals surface area contributed by atoms with Gasteiger partial charge < -0.3 is 0 Å². The second kappa shape index (κ2) is 8.24. The fraction of sp³-hybridized carbons (Fsp3) is 0.0435. The summed E-state index contributed by atoms with van der Waals surface area (Å²) in [5, 5.41) is 26.7. The van der Waals surface area contributed by atoms with Crippen LogP contribution in [0.1, 0.15) is 5.69 Å². The molecule has 3 aromatic carbocycles. The van der Waals surface area contributed by atoms with Crippen molar-refractivity contribution >= 4 is 39.2 Å². The number of hydrogen-bond donors (Lipinski definition) is 1. The van der Waals surface area contributed by atoms with Gasteiger partial charge in [-0.25, -0.2) is 4.98 Å². The largest absolute Gasteiger partial charge is 0.301 e. The fourth-order valence-corrected chi connectivity index (χ4v) is 4.26. The molecule has 0 bridgehead atoms. The number of nitro benzene ring substituents is 1. The Bertz CT molecular complexity index is 1590. The van der Waals surface area contributed by atoms with Gasteiger partial charge in [0.25, 0.3) is 5.69 Å². The number of thiazole rings is 1. The van der Waals surface area contributed by atoms with E-state index in [0.29, 0.717) is 27.8 Å². The second-order valence-corrected chi connectivity index (χ2v) is 8.08. The van der Waals surface area contributed by atoms with Crippen LogP contribution in [0.3, 0.4) is 0 Å². The predicted molar refractivity (Wildman–Crippen MR) is 127 cm³/mol. The van der Waals surface area contributed by atoms with E-state index >= 15 is 0 Å². The summed E-state index contributed by atoms with van der Waals surface area (Å²) in [6.45, 7) is 1.74. The van der Waals surface area contributed by atoms with Gasteiger partial charge in [-0.05, 0) is 18.4 Å². The van der Waals surface area contributed by atoms with Crippen LogP contribution in [-0.2, 0) is 0 Å². The Morgan fingerprint density at radius 3 is 2.70 bits per heavy atom. The maximum Gasteiger partial charge on any atom is 0.301 e. The van der Waals surface area contributed by atoms with E-state index in [1.54, 1.807) is 24.4 Å². The summed E-state index contributed by atoms with van der Waals surface area (Å²) in [6, 6.07) is 19.8. The molecule has 0 unspecified atom stereocenters. The van der Waals surface area contributed by atoms with Crippen LogP contribution < -0.4 is 5.56 Å². The Kier molecular flexibility index (Phi) is 5.11. The molecule has 2 heterocycles. The molecule has 0 aliphatic rings. The zero-order valence-electron chi connectivity index (χ0n) is 17.3. The first kappa shape index (κ1) is 20.5. The quantitative estimate of drug-likeness (QED) is 0.196. The minimum absolute atomic E-state index is 0.0222. The van der Waals surface area contributed by atoms with Crippen molar-refractivity contribution in [1.29, 1.82) is 0 Å². The molecule has 0 amide bonds. The lowest BCUT2D eigenvalue weighted by molar-refractivity contribution is -0.384. The minimum Gasteiger partial charge on any atom is -0.291 e. The maximum absolute atomic E-state index is 13.0. The number of rotatable bonds is 5. The molecule has 0 fully saturated rings. The number of nitrogens with zero attached hydrogens (tertiary/aromatic N) is 5. The van der Waals surface area contributed by atoms with E-state index in [4.69, 9.17) is 0 Å². The fourth-order valence-electron chi connectivity index (χ4n) is 3.47. The molecule has 0 atom stereocenters. The molecule has 10 heteroatoms. The van der Waals surface area contributed by atoms with Gasteiger partial charge in [0.05, 0.1) is 22.0 Å². The predicted octanol–water partition coefficient (Wildman–Crippen LogP) is 6.07. The number of non-ortho nitro benzene ring substituents is 1. The summed E-state index contributed by atoms with van der Waals surface area (Å²) >= 11 is 1.24. The standard InChI is InChI=1S/C23H16N6O3S/c1-14-21(26-25-19-11-5-7-15-6-2-3-10-18(15)19)22(30)28(27-14)23-24-20(13-33-23)16-8-4-9-17(12-16)29(31)32/h2-13,27H,1H3. The van der Waals surface area contributed by atoms with Gasteiger partial charge in [0, 0.05) is 28.5 Å². The van der Waals surface area contributed by atoms with Crippen molar-refractivity contribution in [2.75, 3.05) is 0 Å². The third kappa shape index (κ3) is 3.83. The lowest BCUT2D eigenvalue weighted by Gasteiger charge is -1.99. The zero-order valence-corrected chi connectivity index (χ0v) is 18.1. The van der Waals surface area contributed by atoms with Gasteiger partial charge in [-0.2, -0.15) is 4.68 Å². The SMILES string of the molecule is Cc1[nH]n(-c2nc(-c3cccc([N+](=O)[O-])c3)cs2)c(=O)c1N=Nc1cccc2ccccc12. The third-order valence-corrected chi connectivity index (χ3v) is 5.93. The van der Waals surface area contributed by atoms with E-state index in [1.165, 1.54) is 28.2 Å². The Hall–Kier alpha value is -4.44. The normalized spacial score (nSPS) is 11.4. The average Bonchev–Trinajstić information content (AvgIpc) is 3.42. The highest BCUT2D eigenvalue weighted by Crippen LogP contribution is 2.29. The van der Waals surface area contributed by atoms with Gasteiger partial charge >= 0.3 is 5.56 Å². The first-order chi connectivity index (χ1) is 16.0. The second-order valence-electron chi connectivity index (χ2n) is 7.25. The molecule has 2 aromatic heterocycles. The number of H-pyrrole nitrogens is 1. The molecular formula is C23H16N6O3S. The van der Waals surface area contributed by atoms with Crippen molar-refractivity contribution < 1.29 is 4.92 Å². The van der Waals surface area contributed by atoms with E-state index < -0.39 is 4.92 Å². The number of aromatic nitrogens is 3. The van der Waals surface area contributed by atoms with Crippen molar-refractivity contribution in [3.8, 4) is 16.4 Å².